The van der Waals surface area contributed by atoms with Gasteiger partial charge in [0.15, 0.2) is 0 Å². The molecule has 0 aromatic carbocycles. The van der Waals surface area contributed by atoms with Crippen LogP contribution in [0, 0.1) is 11.8 Å². The average Bonchev–Trinajstić information content (AvgIpc) is 3.61. The zero-order chi connectivity index (χ0) is 27.7. The molecule has 0 saturated carbocycles. The Kier molecular flexibility index (Phi) is 4.49. The van der Waals surface area contributed by atoms with Gasteiger partial charge in [0.05, 0.1) is 21.8 Å². The van der Waals surface area contributed by atoms with Crippen LogP contribution in [0.1, 0.15) is 44.7 Å². The lowest BCUT2D eigenvalue weighted by molar-refractivity contribution is -0.131. The summed E-state index contributed by atoms with van der Waals surface area (Å²) in [7, 11) is 0. The molecule has 0 spiro atoms. The van der Waals surface area contributed by atoms with Gasteiger partial charge in [0, 0.05) is 63.3 Å². The molecule has 9 heteroatoms. The van der Waals surface area contributed by atoms with E-state index in [4.69, 9.17) is 0 Å². The molecule has 39 heavy (non-hydrogen) atoms. The Labute approximate surface area is 220 Å². The molecule has 0 radical (unpaired) electrons. The molecule has 2 aromatic heterocycles. The fraction of sp³-hybridized carbons (Fsp3) is 0.267. The standard InChI is InChI=1S/C30H23N3O6/c1-9(2)12-6-31-23-11(12)5-15(34)26(35)21(23)22-25-18-14(8-33-25)19-17-13(20(18)29(38)30(22)39)7-32-24(17)16(10(3)4)27(36)28(19)37/h5-6,8-10,13,31-33H,7H2,1-4H3. The van der Waals surface area contributed by atoms with Gasteiger partial charge in [0.2, 0.25) is 34.7 Å². The van der Waals surface area contributed by atoms with Crippen LogP contribution >= 0.6 is 0 Å². The maximum atomic E-state index is 13.8. The first-order valence-corrected chi connectivity index (χ1v) is 12.9. The van der Waals surface area contributed by atoms with Crippen LogP contribution in [0.5, 0.6) is 0 Å². The molecule has 7 rings (SSSR count). The van der Waals surface area contributed by atoms with E-state index >= 15 is 0 Å². The van der Waals surface area contributed by atoms with E-state index in [1.807, 2.05) is 27.7 Å². The number of allylic oxidation sites excluding steroid dienone is 3. The van der Waals surface area contributed by atoms with Crippen LogP contribution in [0.3, 0.4) is 0 Å². The molecular weight excluding hydrogens is 498 g/mol. The van der Waals surface area contributed by atoms with Gasteiger partial charge in [-0.05, 0) is 29.0 Å². The van der Waals surface area contributed by atoms with Crippen LogP contribution in [-0.2, 0) is 28.8 Å². The number of carbonyl (C=O) groups is 6. The lowest BCUT2D eigenvalue weighted by atomic mass is 9.70. The highest BCUT2D eigenvalue weighted by atomic mass is 16.2. The summed E-state index contributed by atoms with van der Waals surface area (Å²) in [4.78, 5) is 86.4. The minimum absolute atomic E-state index is 0.0310. The van der Waals surface area contributed by atoms with E-state index < -0.39 is 40.6 Å². The number of ketones is 6. The molecule has 3 N–H and O–H groups in total. The van der Waals surface area contributed by atoms with Crippen LogP contribution in [-0.4, -0.2) is 51.2 Å². The minimum atomic E-state index is -0.892. The second-order valence-corrected chi connectivity index (χ2v) is 11.1. The summed E-state index contributed by atoms with van der Waals surface area (Å²) in [6, 6.07) is 0. The molecule has 9 nitrogen and oxygen atoms in total. The predicted octanol–water partition coefficient (Wildman–Crippen LogP) is -1.25. The zero-order valence-corrected chi connectivity index (χ0v) is 21.6. The number of aromatic amines is 2. The third-order valence-corrected chi connectivity index (χ3v) is 8.39. The van der Waals surface area contributed by atoms with E-state index in [2.05, 4.69) is 15.3 Å². The van der Waals surface area contributed by atoms with Crippen molar-refractivity contribution in [3.05, 3.63) is 61.5 Å². The Balaban J connectivity index is 1.63. The first kappa shape index (κ1) is 23.5. The van der Waals surface area contributed by atoms with Crippen molar-refractivity contribution in [3.63, 3.8) is 0 Å². The Morgan fingerprint density at radius 2 is 1.38 bits per heavy atom. The second kappa shape index (κ2) is 7.47. The van der Waals surface area contributed by atoms with Crippen LogP contribution in [0.25, 0.3) is 28.4 Å². The molecule has 1 saturated heterocycles. The zero-order valence-electron chi connectivity index (χ0n) is 21.6. The largest absolute Gasteiger partial charge is 0.383 e. The van der Waals surface area contributed by atoms with Crippen molar-refractivity contribution in [3.8, 4) is 0 Å². The SMILES string of the molecule is CC(C)C1=C2NCC3C2=C(C(=O)C1=O)c1c[nH]c2c1=C3C(=O)C(=O)C=2C1=c2[nH]cc(C(C)C)c2=CC(=O)C1=O. The summed E-state index contributed by atoms with van der Waals surface area (Å²) < 4.78 is 0. The minimum Gasteiger partial charge on any atom is -0.383 e. The predicted molar refractivity (Wildman–Crippen MR) is 139 cm³/mol. The fourth-order valence-electron chi connectivity index (χ4n) is 6.74. The number of hydrogen-bond acceptors (Lipinski definition) is 7. The third kappa shape index (κ3) is 2.69. The Bertz CT molecular complexity index is 2020. The van der Waals surface area contributed by atoms with Crippen LogP contribution in [0.15, 0.2) is 29.2 Å². The van der Waals surface area contributed by atoms with E-state index in [-0.39, 0.29) is 46.0 Å². The summed E-state index contributed by atoms with van der Waals surface area (Å²) in [5.74, 6) is -5.39. The first-order chi connectivity index (χ1) is 18.5. The van der Waals surface area contributed by atoms with Gasteiger partial charge in [-0.15, -0.1) is 0 Å². The molecular formula is C30H23N3O6. The molecule has 1 unspecified atom stereocenters. The van der Waals surface area contributed by atoms with E-state index in [0.717, 1.165) is 5.56 Å². The first-order valence-electron chi connectivity index (χ1n) is 12.9. The molecule has 0 bridgehead atoms. The van der Waals surface area contributed by atoms with Crippen molar-refractivity contribution in [2.45, 2.75) is 33.6 Å². The summed E-state index contributed by atoms with van der Waals surface area (Å²) in [6.45, 7) is 7.80. The highest BCUT2D eigenvalue weighted by Gasteiger charge is 2.50. The number of nitrogens with one attached hydrogen (secondary N) is 3. The molecule has 3 heterocycles. The van der Waals surface area contributed by atoms with Crippen molar-refractivity contribution >= 4 is 63.1 Å². The quantitative estimate of drug-likeness (QED) is 0.338. The van der Waals surface area contributed by atoms with E-state index in [1.54, 1.807) is 6.20 Å². The Morgan fingerprint density at radius 3 is 2.08 bits per heavy atom. The van der Waals surface area contributed by atoms with Crippen molar-refractivity contribution in [2.75, 3.05) is 6.54 Å². The maximum Gasteiger partial charge on any atom is 0.236 e. The maximum absolute atomic E-state index is 13.8. The number of rotatable bonds is 3. The Hall–Kier alpha value is -4.66. The van der Waals surface area contributed by atoms with Crippen LogP contribution in [0.2, 0.25) is 0 Å². The number of H-pyrrole nitrogens is 2. The van der Waals surface area contributed by atoms with Crippen molar-refractivity contribution in [2.24, 2.45) is 11.8 Å². The van der Waals surface area contributed by atoms with Crippen molar-refractivity contribution in [1.29, 1.82) is 0 Å². The van der Waals surface area contributed by atoms with E-state index in [1.165, 1.54) is 12.3 Å². The number of carbonyl (C=O) groups excluding carboxylic acids is 6. The van der Waals surface area contributed by atoms with Crippen molar-refractivity contribution in [1.82, 2.24) is 15.3 Å². The molecule has 1 fully saturated rings. The number of Topliss-reactive ketones (excluding diaryl/α,β-unsaturated/α-hetero) is 6. The van der Waals surface area contributed by atoms with Crippen LogP contribution in [0.4, 0.5) is 0 Å². The molecule has 194 valence electrons. The lowest BCUT2D eigenvalue weighted by Gasteiger charge is -2.28. The number of hydrogen-bond donors (Lipinski definition) is 3. The highest BCUT2D eigenvalue weighted by Crippen LogP contribution is 2.45. The van der Waals surface area contributed by atoms with Gasteiger partial charge in [0.1, 0.15) is 0 Å². The number of aromatic nitrogens is 2. The molecule has 4 aliphatic carbocycles. The Morgan fingerprint density at radius 1 is 0.718 bits per heavy atom. The summed E-state index contributed by atoms with van der Waals surface area (Å²) in [6.07, 6.45) is 4.47. The topological polar surface area (TPSA) is 146 Å². The monoisotopic (exact) mass is 521 g/mol. The molecule has 0 amide bonds. The highest BCUT2D eigenvalue weighted by molar-refractivity contribution is 6.75. The van der Waals surface area contributed by atoms with Crippen LogP contribution < -0.4 is 26.5 Å². The van der Waals surface area contributed by atoms with Gasteiger partial charge in [0.25, 0.3) is 0 Å². The van der Waals surface area contributed by atoms with Gasteiger partial charge in [-0.2, -0.15) is 0 Å². The van der Waals surface area contributed by atoms with Gasteiger partial charge >= 0.3 is 0 Å². The summed E-state index contributed by atoms with van der Waals surface area (Å²) in [5.41, 5.74) is 2.74. The fourth-order valence-corrected chi connectivity index (χ4v) is 6.74. The van der Waals surface area contributed by atoms with E-state index in [0.29, 0.717) is 38.2 Å². The normalized spacial score (nSPS) is 21.8. The average molecular weight is 522 g/mol. The molecule has 2 aromatic rings. The van der Waals surface area contributed by atoms with Gasteiger partial charge in [-0.1, -0.05) is 27.7 Å². The molecule has 1 atom stereocenters. The molecule has 5 aliphatic rings. The van der Waals surface area contributed by atoms with Gasteiger partial charge in [-0.3, -0.25) is 28.8 Å². The lowest BCUT2D eigenvalue weighted by Crippen LogP contribution is -2.49. The van der Waals surface area contributed by atoms with Gasteiger partial charge < -0.3 is 15.3 Å². The third-order valence-electron chi connectivity index (χ3n) is 8.39. The number of fused-ring (bicyclic) bond motifs is 3. The second-order valence-electron chi connectivity index (χ2n) is 11.1. The summed E-state index contributed by atoms with van der Waals surface area (Å²) >= 11 is 0. The van der Waals surface area contributed by atoms with Crippen molar-refractivity contribution < 1.29 is 28.8 Å². The molecule has 1 aliphatic heterocycles. The summed E-state index contributed by atoms with van der Waals surface area (Å²) in [5, 5.41) is 4.59. The van der Waals surface area contributed by atoms with Gasteiger partial charge in [-0.25, -0.2) is 0 Å². The smallest absolute Gasteiger partial charge is 0.236 e. The van der Waals surface area contributed by atoms with E-state index in [9.17, 15) is 28.8 Å².